The van der Waals surface area contributed by atoms with E-state index in [0.29, 0.717) is 4.99 Å². The highest BCUT2D eigenvalue weighted by molar-refractivity contribution is 7.80. The van der Waals surface area contributed by atoms with Gasteiger partial charge in [-0.1, -0.05) is 48.1 Å². The lowest BCUT2D eigenvalue weighted by Crippen LogP contribution is -1.92. The van der Waals surface area contributed by atoms with Gasteiger partial charge in [0.25, 0.3) is 0 Å². The normalized spacial score (nSPS) is 11.2. The fourth-order valence-electron chi connectivity index (χ4n) is 0.962. The van der Waals surface area contributed by atoms with Crippen LogP contribution in [0.2, 0.25) is 0 Å². The molecule has 1 aromatic rings. The Hall–Kier alpha value is -1.48. The Morgan fingerprint density at radius 3 is 2.57 bits per heavy atom. The largest absolute Gasteiger partial charge is 0.390 e. The highest BCUT2D eigenvalue weighted by Gasteiger charge is 1.87. The quantitative estimate of drug-likeness (QED) is 0.347. The molecule has 0 spiro atoms. The Bertz CT molecular complexity index is 363. The van der Waals surface area contributed by atoms with Crippen molar-refractivity contribution in [2.45, 2.75) is 6.92 Å². The van der Waals surface area contributed by atoms with E-state index in [0.717, 1.165) is 5.56 Å². The van der Waals surface area contributed by atoms with Crippen LogP contribution in [-0.2, 0) is 0 Å². The number of hydrogen-bond acceptors (Lipinski definition) is 1. The second kappa shape index (κ2) is 5.29. The van der Waals surface area contributed by atoms with Crippen molar-refractivity contribution >= 4 is 29.6 Å². The van der Waals surface area contributed by atoms with Crippen LogP contribution >= 0.6 is 12.2 Å². The first-order valence-corrected chi connectivity index (χ1v) is 4.66. The van der Waals surface area contributed by atoms with E-state index in [2.05, 4.69) is 24.0 Å². The zero-order valence-corrected chi connectivity index (χ0v) is 8.79. The number of rotatable bonds is 2. The van der Waals surface area contributed by atoms with Crippen LogP contribution in [0.3, 0.4) is 0 Å². The Kier molecular flexibility index (Phi) is 4.01. The molecule has 1 aromatic carbocycles. The number of benzene rings is 1. The molecule has 0 fully saturated rings. The summed E-state index contributed by atoms with van der Waals surface area (Å²) in [5, 5.41) is 0. The number of aliphatic imine (C=N–C) groups is 1. The fourth-order valence-corrected chi connectivity index (χ4v) is 1.09. The summed E-state index contributed by atoms with van der Waals surface area (Å²) in [5.74, 6) is 0. The van der Waals surface area contributed by atoms with Crippen molar-refractivity contribution in [2.75, 3.05) is 0 Å². The van der Waals surface area contributed by atoms with Gasteiger partial charge in [0, 0.05) is 0 Å². The Morgan fingerprint density at radius 1 is 1.36 bits per heavy atom. The van der Waals surface area contributed by atoms with Crippen molar-refractivity contribution in [3.63, 3.8) is 0 Å². The summed E-state index contributed by atoms with van der Waals surface area (Å²) in [4.78, 5) is 4.23. The minimum atomic E-state index is 0.480. The van der Waals surface area contributed by atoms with Gasteiger partial charge in [-0.25, -0.2) is 4.99 Å². The molecule has 0 amide bonds. The van der Waals surface area contributed by atoms with Gasteiger partial charge in [0.1, 0.15) is 4.99 Å². The fraction of sp³-hybridized carbons (Fsp3) is 0.0909. The lowest BCUT2D eigenvalue weighted by Gasteiger charge is -1.93. The van der Waals surface area contributed by atoms with Gasteiger partial charge in [-0.3, -0.25) is 0 Å². The summed E-state index contributed by atoms with van der Waals surface area (Å²) in [6.45, 7) is 2.05. The molecule has 2 nitrogen and oxygen atoms in total. The number of aryl methyl sites for hydroxylation is 1. The minimum absolute atomic E-state index is 0.480. The molecule has 1 rings (SSSR count). The average Bonchev–Trinajstić information content (AvgIpc) is 2.17. The van der Waals surface area contributed by atoms with E-state index in [1.165, 1.54) is 11.9 Å². The summed E-state index contributed by atoms with van der Waals surface area (Å²) in [7, 11) is 0. The van der Waals surface area contributed by atoms with Gasteiger partial charge in [0.05, 0.1) is 6.34 Å². The van der Waals surface area contributed by atoms with Crippen LogP contribution in [0.4, 0.5) is 0 Å². The lowest BCUT2D eigenvalue weighted by atomic mass is 10.1. The highest BCUT2D eigenvalue weighted by atomic mass is 32.1. The van der Waals surface area contributed by atoms with E-state index >= 15 is 0 Å². The standard InChI is InChI=1S/C11H12N2S/c1-9-2-4-10(5-3-9)6-7-11(14)13-8-12/h2-8H,1H3,(H2,12,13,14)/b7-6+. The smallest absolute Gasteiger partial charge is 0.127 e. The SMILES string of the molecule is Cc1ccc(/C=C/C(=S)N=CN)cc1. The van der Waals surface area contributed by atoms with Gasteiger partial charge in [-0.05, 0) is 18.6 Å². The Balaban J connectivity index is 2.69. The molecule has 0 aliphatic rings. The summed E-state index contributed by atoms with van der Waals surface area (Å²) >= 11 is 4.91. The predicted octanol–water partition coefficient (Wildman–Crippen LogP) is 2.32. The van der Waals surface area contributed by atoms with Gasteiger partial charge >= 0.3 is 0 Å². The maximum absolute atomic E-state index is 5.11. The second-order valence-corrected chi connectivity index (χ2v) is 3.28. The second-order valence-electron chi connectivity index (χ2n) is 2.86. The molecule has 0 heterocycles. The van der Waals surface area contributed by atoms with Crippen molar-refractivity contribution in [2.24, 2.45) is 10.7 Å². The first-order valence-electron chi connectivity index (χ1n) is 4.25. The molecule has 14 heavy (non-hydrogen) atoms. The zero-order valence-electron chi connectivity index (χ0n) is 7.97. The molecule has 3 heteroatoms. The predicted molar refractivity (Wildman–Crippen MR) is 65.5 cm³/mol. The van der Waals surface area contributed by atoms with Gasteiger partial charge in [-0.15, -0.1) is 0 Å². The molecule has 0 unspecified atom stereocenters. The monoisotopic (exact) mass is 204 g/mol. The zero-order chi connectivity index (χ0) is 10.4. The highest BCUT2D eigenvalue weighted by Crippen LogP contribution is 2.05. The number of thiocarbonyl (C=S) groups is 1. The van der Waals surface area contributed by atoms with E-state index in [-0.39, 0.29) is 0 Å². The van der Waals surface area contributed by atoms with Crippen molar-refractivity contribution in [1.82, 2.24) is 0 Å². The summed E-state index contributed by atoms with van der Waals surface area (Å²) in [5.41, 5.74) is 7.45. The van der Waals surface area contributed by atoms with Crippen LogP contribution in [0.1, 0.15) is 11.1 Å². The summed E-state index contributed by atoms with van der Waals surface area (Å²) in [6, 6.07) is 8.16. The van der Waals surface area contributed by atoms with Crippen molar-refractivity contribution in [1.29, 1.82) is 0 Å². The molecule has 0 radical (unpaired) electrons. The molecular formula is C11H12N2S. The molecule has 0 aliphatic carbocycles. The molecule has 72 valence electrons. The van der Waals surface area contributed by atoms with Crippen LogP contribution in [0, 0.1) is 6.92 Å². The van der Waals surface area contributed by atoms with Gasteiger partial charge in [0.15, 0.2) is 0 Å². The molecule has 2 N–H and O–H groups in total. The number of nitrogens with two attached hydrogens (primary N) is 1. The van der Waals surface area contributed by atoms with Gasteiger partial charge < -0.3 is 5.73 Å². The van der Waals surface area contributed by atoms with E-state index in [9.17, 15) is 0 Å². The van der Waals surface area contributed by atoms with E-state index in [1.807, 2.05) is 18.2 Å². The molecule has 0 bridgehead atoms. The van der Waals surface area contributed by atoms with Crippen LogP contribution in [0.15, 0.2) is 35.3 Å². The third-order valence-electron chi connectivity index (χ3n) is 1.70. The topological polar surface area (TPSA) is 38.4 Å². The van der Waals surface area contributed by atoms with Crippen LogP contribution in [-0.4, -0.2) is 11.3 Å². The number of hydrogen-bond donors (Lipinski definition) is 1. The molecule has 0 aliphatic heterocycles. The van der Waals surface area contributed by atoms with Crippen molar-refractivity contribution in [3.8, 4) is 0 Å². The molecule has 0 saturated carbocycles. The maximum Gasteiger partial charge on any atom is 0.127 e. The first-order chi connectivity index (χ1) is 6.72. The number of nitrogens with zero attached hydrogens (tertiary/aromatic N) is 1. The minimum Gasteiger partial charge on any atom is -0.390 e. The van der Waals surface area contributed by atoms with Crippen LogP contribution < -0.4 is 5.73 Å². The summed E-state index contributed by atoms with van der Waals surface area (Å²) < 4.78 is 0. The Labute approximate surface area is 89.2 Å². The van der Waals surface area contributed by atoms with Crippen LogP contribution in [0.25, 0.3) is 6.08 Å². The molecule has 0 saturated heterocycles. The third-order valence-corrected chi connectivity index (χ3v) is 1.94. The van der Waals surface area contributed by atoms with E-state index in [1.54, 1.807) is 6.08 Å². The molecule has 0 aromatic heterocycles. The molecule has 0 atom stereocenters. The molecular weight excluding hydrogens is 192 g/mol. The maximum atomic E-state index is 5.11. The summed E-state index contributed by atoms with van der Waals surface area (Å²) in [6.07, 6.45) is 4.86. The van der Waals surface area contributed by atoms with E-state index < -0.39 is 0 Å². The lowest BCUT2D eigenvalue weighted by molar-refractivity contribution is 1.46. The first kappa shape index (κ1) is 10.6. The van der Waals surface area contributed by atoms with Crippen LogP contribution in [0.5, 0.6) is 0 Å². The van der Waals surface area contributed by atoms with Crippen molar-refractivity contribution < 1.29 is 0 Å². The van der Waals surface area contributed by atoms with E-state index in [4.69, 9.17) is 18.0 Å². The van der Waals surface area contributed by atoms with Crippen molar-refractivity contribution in [3.05, 3.63) is 41.5 Å². The average molecular weight is 204 g/mol. The van der Waals surface area contributed by atoms with Gasteiger partial charge in [0.2, 0.25) is 0 Å². The van der Waals surface area contributed by atoms with Gasteiger partial charge in [-0.2, -0.15) is 0 Å². The third kappa shape index (κ3) is 3.49. The Morgan fingerprint density at radius 2 is 2.00 bits per heavy atom.